The number of rotatable bonds is 9. The van der Waals surface area contributed by atoms with Gasteiger partial charge in [0.05, 0.1) is 5.69 Å². The van der Waals surface area contributed by atoms with Gasteiger partial charge in [-0.05, 0) is 126 Å². The van der Waals surface area contributed by atoms with Crippen molar-refractivity contribution in [2.75, 3.05) is 4.90 Å². The van der Waals surface area contributed by atoms with Crippen LogP contribution in [0.5, 0.6) is 0 Å². The molecule has 0 atom stereocenters. The van der Waals surface area contributed by atoms with E-state index in [9.17, 15) is 0 Å². The van der Waals surface area contributed by atoms with Crippen LogP contribution in [0.4, 0.5) is 17.1 Å². The zero-order chi connectivity index (χ0) is 43.0. The first kappa shape index (κ1) is 38.9. The Kier molecular flexibility index (Phi) is 9.94. The van der Waals surface area contributed by atoms with E-state index in [2.05, 4.69) is 267 Å². The highest BCUT2D eigenvalue weighted by Gasteiger charge is 2.36. The molecule has 0 aliphatic heterocycles. The van der Waals surface area contributed by atoms with Gasteiger partial charge in [-0.15, -0.1) is 0 Å². The summed E-state index contributed by atoms with van der Waals surface area (Å²) >= 11 is 0. The van der Waals surface area contributed by atoms with Crippen LogP contribution in [-0.2, 0) is 5.41 Å². The molecule has 0 fully saturated rings. The molecule has 10 aromatic rings. The van der Waals surface area contributed by atoms with Crippen molar-refractivity contribution >= 4 is 17.1 Å². The second kappa shape index (κ2) is 16.4. The summed E-state index contributed by atoms with van der Waals surface area (Å²) in [5.74, 6) is 0. The summed E-state index contributed by atoms with van der Waals surface area (Å²) in [5.41, 5.74) is 23.0. The van der Waals surface area contributed by atoms with Crippen LogP contribution in [0.25, 0.3) is 77.9 Å². The number of fused-ring (bicyclic) bond motifs is 3. The molecular weight excluding hydrogens is 771 g/mol. The molecule has 0 N–H and O–H groups in total. The van der Waals surface area contributed by atoms with Gasteiger partial charge in [0.1, 0.15) is 0 Å². The van der Waals surface area contributed by atoms with Crippen molar-refractivity contribution in [3.05, 3.63) is 260 Å². The van der Waals surface area contributed by atoms with E-state index in [1.54, 1.807) is 0 Å². The minimum Gasteiger partial charge on any atom is -0.310 e. The zero-order valence-corrected chi connectivity index (χ0v) is 36.1. The van der Waals surface area contributed by atoms with Gasteiger partial charge < -0.3 is 4.90 Å². The Balaban J connectivity index is 0.952. The number of anilines is 3. The fraction of sp³-hybridized carbons (Fsp3) is 0.0476. The molecular formula is C63H47N. The third-order valence-corrected chi connectivity index (χ3v) is 13.1. The zero-order valence-electron chi connectivity index (χ0n) is 36.1. The lowest BCUT2D eigenvalue weighted by molar-refractivity contribution is 0.660. The maximum Gasteiger partial charge on any atom is 0.0540 e. The fourth-order valence-corrected chi connectivity index (χ4v) is 9.66. The van der Waals surface area contributed by atoms with E-state index in [1.807, 2.05) is 0 Å². The molecule has 1 aliphatic carbocycles. The lowest BCUT2D eigenvalue weighted by Crippen LogP contribution is -2.17. The van der Waals surface area contributed by atoms with Gasteiger partial charge in [0.15, 0.2) is 0 Å². The summed E-state index contributed by atoms with van der Waals surface area (Å²) in [6.45, 7) is 4.77. The molecule has 0 spiro atoms. The van der Waals surface area contributed by atoms with Gasteiger partial charge in [0.25, 0.3) is 0 Å². The van der Waals surface area contributed by atoms with E-state index in [1.165, 1.54) is 89.0 Å². The number of para-hydroxylation sites is 1. The standard InChI is InChI=1S/C63H47N/c1-63(2)60-42-53(51-31-29-49(30-32-51)48-27-25-47(26-28-48)44-15-6-3-7-16-44)35-39-58(60)59-40-38-56(43-61(59)63)64(55-36-33-50(34-37-55)45-17-8-4-9-18-45)62-24-13-12-23-57(62)54-22-14-21-52(41-54)46-19-10-5-11-20-46/h3-43H,1-2H3. The molecule has 0 saturated heterocycles. The van der Waals surface area contributed by atoms with Crippen LogP contribution in [0.15, 0.2) is 249 Å². The molecule has 0 radical (unpaired) electrons. The van der Waals surface area contributed by atoms with E-state index < -0.39 is 0 Å². The third kappa shape index (κ3) is 7.21. The minimum atomic E-state index is -0.219. The second-order valence-electron chi connectivity index (χ2n) is 17.3. The molecule has 0 heterocycles. The number of benzene rings is 10. The molecule has 1 nitrogen and oxygen atoms in total. The average Bonchev–Trinajstić information content (AvgIpc) is 3.60. The summed E-state index contributed by atoms with van der Waals surface area (Å²) < 4.78 is 0. The van der Waals surface area contributed by atoms with E-state index in [-0.39, 0.29) is 5.41 Å². The topological polar surface area (TPSA) is 3.24 Å². The van der Waals surface area contributed by atoms with Crippen molar-refractivity contribution in [1.82, 2.24) is 0 Å². The van der Waals surface area contributed by atoms with Crippen LogP contribution in [0, 0.1) is 0 Å². The maximum atomic E-state index is 2.45. The van der Waals surface area contributed by atoms with Crippen molar-refractivity contribution in [3.8, 4) is 77.9 Å². The number of nitrogens with zero attached hydrogens (tertiary/aromatic N) is 1. The Hall–Kier alpha value is -8.00. The molecule has 1 aliphatic rings. The van der Waals surface area contributed by atoms with Gasteiger partial charge in [0, 0.05) is 22.4 Å². The first-order valence-electron chi connectivity index (χ1n) is 22.2. The normalized spacial score (nSPS) is 12.3. The van der Waals surface area contributed by atoms with E-state index in [4.69, 9.17) is 0 Å². The molecule has 304 valence electrons. The predicted molar refractivity (Wildman–Crippen MR) is 271 cm³/mol. The highest BCUT2D eigenvalue weighted by atomic mass is 15.1. The molecule has 0 amide bonds. The molecule has 1 heteroatoms. The lowest BCUT2D eigenvalue weighted by atomic mass is 9.81. The summed E-state index contributed by atoms with van der Waals surface area (Å²) in [7, 11) is 0. The summed E-state index contributed by atoms with van der Waals surface area (Å²) in [6, 6.07) is 90.7. The molecule has 11 rings (SSSR count). The second-order valence-corrected chi connectivity index (χ2v) is 17.3. The first-order valence-corrected chi connectivity index (χ1v) is 22.2. The van der Waals surface area contributed by atoms with E-state index >= 15 is 0 Å². The van der Waals surface area contributed by atoms with Gasteiger partial charge in [-0.2, -0.15) is 0 Å². The van der Waals surface area contributed by atoms with Crippen molar-refractivity contribution in [3.63, 3.8) is 0 Å². The average molecular weight is 818 g/mol. The Bertz CT molecular complexity index is 3240. The van der Waals surface area contributed by atoms with Gasteiger partial charge in [-0.25, -0.2) is 0 Å². The Morgan fingerprint density at radius 2 is 0.609 bits per heavy atom. The predicted octanol–water partition coefficient (Wildman–Crippen LogP) is 17.5. The maximum absolute atomic E-state index is 2.45. The summed E-state index contributed by atoms with van der Waals surface area (Å²) in [4.78, 5) is 2.45. The summed E-state index contributed by atoms with van der Waals surface area (Å²) in [6.07, 6.45) is 0. The lowest BCUT2D eigenvalue weighted by Gasteiger charge is -2.30. The highest BCUT2D eigenvalue weighted by molar-refractivity contribution is 5.92. The Morgan fingerprint density at radius 1 is 0.250 bits per heavy atom. The molecule has 0 unspecified atom stereocenters. The van der Waals surface area contributed by atoms with E-state index in [0.717, 1.165) is 17.1 Å². The smallest absolute Gasteiger partial charge is 0.0540 e. The van der Waals surface area contributed by atoms with Crippen LogP contribution in [0.3, 0.4) is 0 Å². The van der Waals surface area contributed by atoms with E-state index in [0.29, 0.717) is 0 Å². The minimum absolute atomic E-state index is 0.219. The monoisotopic (exact) mass is 817 g/mol. The SMILES string of the molecule is CC1(C)c2cc(-c3ccc(-c4ccc(-c5ccccc5)cc4)cc3)ccc2-c2ccc(N(c3ccc(-c4ccccc4)cc3)c3ccccc3-c3cccc(-c4ccccc4)c3)cc21. The first-order chi connectivity index (χ1) is 31.5. The molecule has 0 saturated carbocycles. The van der Waals surface area contributed by atoms with Gasteiger partial charge in [0.2, 0.25) is 0 Å². The molecule has 0 bridgehead atoms. The van der Waals surface area contributed by atoms with Crippen molar-refractivity contribution < 1.29 is 0 Å². The number of hydrogen-bond donors (Lipinski definition) is 0. The fourth-order valence-electron chi connectivity index (χ4n) is 9.66. The largest absolute Gasteiger partial charge is 0.310 e. The third-order valence-electron chi connectivity index (χ3n) is 13.1. The van der Waals surface area contributed by atoms with Crippen molar-refractivity contribution in [2.45, 2.75) is 19.3 Å². The Morgan fingerprint density at radius 3 is 1.17 bits per heavy atom. The van der Waals surface area contributed by atoms with Gasteiger partial charge in [-0.1, -0.05) is 220 Å². The highest BCUT2D eigenvalue weighted by Crippen LogP contribution is 2.52. The molecule has 64 heavy (non-hydrogen) atoms. The van der Waals surface area contributed by atoms with Gasteiger partial charge in [-0.3, -0.25) is 0 Å². The van der Waals surface area contributed by atoms with Crippen molar-refractivity contribution in [1.29, 1.82) is 0 Å². The quantitative estimate of drug-likeness (QED) is 0.140. The van der Waals surface area contributed by atoms with Gasteiger partial charge >= 0.3 is 0 Å². The van der Waals surface area contributed by atoms with Crippen LogP contribution < -0.4 is 4.90 Å². The van der Waals surface area contributed by atoms with Crippen LogP contribution in [0.1, 0.15) is 25.0 Å². The van der Waals surface area contributed by atoms with Crippen LogP contribution in [0.2, 0.25) is 0 Å². The van der Waals surface area contributed by atoms with Crippen molar-refractivity contribution in [2.24, 2.45) is 0 Å². The molecule has 0 aromatic heterocycles. The van der Waals surface area contributed by atoms with Crippen LogP contribution >= 0.6 is 0 Å². The number of hydrogen-bond acceptors (Lipinski definition) is 1. The molecule has 10 aromatic carbocycles. The van der Waals surface area contributed by atoms with Crippen LogP contribution in [-0.4, -0.2) is 0 Å². The summed E-state index contributed by atoms with van der Waals surface area (Å²) in [5, 5.41) is 0. The Labute approximate surface area is 377 Å².